The molecule has 0 heterocycles. The molecule has 0 aliphatic rings. The first kappa shape index (κ1) is 25.5. The van der Waals surface area contributed by atoms with E-state index < -0.39 is 0 Å². The van der Waals surface area contributed by atoms with Crippen molar-refractivity contribution >= 4 is 45.9 Å². The molecule has 0 fully saturated rings. The van der Waals surface area contributed by atoms with Crippen LogP contribution in [-0.4, -0.2) is 37.9 Å². The first-order valence-electron chi connectivity index (χ1n) is 8.95. The Balaban J connectivity index is 0.00000625. The molecule has 0 aliphatic carbocycles. The van der Waals surface area contributed by atoms with E-state index in [0.717, 1.165) is 47.7 Å². The van der Waals surface area contributed by atoms with Crippen molar-refractivity contribution in [1.29, 1.82) is 0 Å². The first-order valence-corrected chi connectivity index (χ1v) is 9.74. The maximum absolute atomic E-state index is 9.26. The summed E-state index contributed by atoms with van der Waals surface area (Å²) in [5, 5.41) is 16.0. The van der Waals surface area contributed by atoms with Crippen LogP contribution in [0.3, 0.4) is 0 Å². The average Bonchev–Trinajstić information content (AvgIpc) is 2.57. The monoisotopic (exact) mass is 541 g/mol. The van der Waals surface area contributed by atoms with Gasteiger partial charge in [-0.2, -0.15) is 0 Å². The molecule has 7 heteroatoms. The summed E-state index contributed by atoms with van der Waals surface area (Å²) in [5.74, 6) is 2.68. The third-order valence-electron chi connectivity index (χ3n) is 3.89. The van der Waals surface area contributed by atoms with Crippen molar-refractivity contribution in [1.82, 2.24) is 10.6 Å². The fraction of sp³-hybridized carbons (Fsp3) is 0.632. The zero-order valence-corrected chi connectivity index (χ0v) is 20.1. The highest BCUT2D eigenvalue weighted by Gasteiger charge is 2.11. The molecule has 1 rings (SSSR count). The number of hydrogen-bond acceptors (Lipinski definition) is 3. The van der Waals surface area contributed by atoms with E-state index in [4.69, 9.17) is 4.74 Å². The molecule has 0 saturated carbocycles. The van der Waals surface area contributed by atoms with E-state index >= 15 is 0 Å². The summed E-state index contributed by atoms with van der Waals surface area (Å²) >= 11 is 3.49. The minimum absolute atomic E-state index is 0. The molecule has 26 heavy (non-hydrogen) atoms. The molecular weight excluding hydrogens is 509 g/mol. The smallest absolute Gasteiger partial charge is 0.191 e. The number of nitrogens with zero attached hydrogens (tertiary/aromatic N) is 1. The van der Waals surface area contributed by atoms with E-state index in [1.165, 1.54) is 0 Å². The predicted molar refractivity (Wildman–Crippen MR) is 124 cm³/mol. The Morgan fingerprint density at radius 2 is 2.04 bits per heavy atom. The van der Waals surface area contributed by atoms with Gasteiger partial charge in [0.15, 0.2) is 5.96 Å². The highest BCUT2D eigenvalue weighted by atomic mass is 127. The quantitative estimate of drug-likeness (QED) is 0.236. The van der Waals surface area contributed by atoms with Gasteiger partial charge in [0.05, 0.1) is 13.7 Å². The molecule has 0 aliphatic heterocycles. The maximum atomic E-state index is 9.26. The zero-order chi connectivity index (χ0) is 18.7. The van der Waals surface area contributed by atoms with Crippen LogP contribution >= 0.6 is 39.9 Å². The Morgan fingerprint density at radius 3 is 2.62 bits per heavy atom. The number of halogens is 2. The van der Waals surface area contributed by atoms with Gasteiger partial charge in [-0.15, -0.1) is 24.0 Å². The van der Waals surface area contributed by atoms with Gasteiger partial charge in [0.2, 0.25) is 0 Å². The predicted octanol–water partition coefficient (Wildman–Crippen LogP) is 4.18. The fourth-order valence-corrected chi connectivity index (χ4v) is 3.18. The molecule has 0 spiro atoms. The molecule has 150 valence electrons. The van der Waals surface area contributed by atoms with Gasteiger partial charge in [-0.1, -0.05) is 29.8 Å². The fourth-order valence-electron chi connectivity index (χ4n) is 2.77. The lowest BCUT2D eigenvalue weighted by molar-refractivity contribution is 0.243. The van der Waals surface area contributed by atoms with E-state index in [0.29, 0.717) is 18.4 Å². The summed E-state index contributed by atoms with van der Waals surface area (Å²) in [7, 11) is 1.67. The van der Waals surface area contributed by atoms with E-state index in [9.17, 15) is 5.11 Å². The van der Waals surface area contributed by atoms with Gasteiger partial charge in [-0.3, -0.25) is 0 Å². The average molecular weight is 542 g/mol. The number of hydrogen-bond donors (Lipinski definition) is 3. The lowest BCUT2D eigenvalue weighted by Gasteiger charge is -2.20. The molecule has 1 aromatic carbocycles. The third kappa shape index (κ3) is 9.97. The van der Waals surface area contributed by atoms with Crippen LogP contribution < -0.4 is 15.4 Å². The summed E-state index contributed by atoms with van der Waals surface area (Å²) in [6.45, 7) is 8.84. The van der Waals surface area contributed by atoms with Crippen LogP contribution in [0.15, 0.2) is 27.7 Å². The van der Waals surface area contributed by atoms with E-state index in [-0.39, 0.29) is 30.6 Å². The van der Waals surface area contributed by atoms with Gasteiger partial charge in [-0.25, -0.2) is 4.99 Å². The molecule has 0 radical (unpaired) electrons. The van der Waals surface area contributed by atoms with E-state index in [2.05, 4.69) is 52.3 Å². The number of rotatable bonds is 10. The Kier molecular flexibility index (Phi) is 14.2. The van der Waals surface area contributed by atoms with Crippen LogP contribution in [0.25, 0.3) is 0 Å². The highest BCUT2D eigenvalue weighted by molar-refractivity contribution is 14.0. The molecule has 1 unspecified atom stereocenters. The van der Waals surface area contributed by atoms with Crippen molar-refractivity contribution in [3.8, 4) is 5.75 Å². The van der Waals surface area contributed by atoms with Crippen LogP contribution in [-0.2, 0) is 6.54 Å². The highest BCUT2D eigenvalue weighted by Crippen LogP contribution is 2.23. The second kappa shape index (κ2) is 14.5. The van der Waals surface area contributed by atoms with Crippen LogP contribution in [0.4, 0.5) is 0 Å². The van der Waals surface area contributed by atoms with Gasteiger partial charge in [0.1, 0.15) is 5.75 Å². The van der Waals surface area contributed by atoms with Crippen LogP contribution in [0.1, 0.15) is 39.2 Å². The number of guanidine groups is 1. The largest absolute Gasteiger partial charge is 0.496 e. The topological polar surface area (TPSA) is 65.9 Å². The molecule has 3 N–H and O–H groups in total. The normalized spacial score (nSPS) is 12.5. The Hall–Kier alpha value is -0.540. The molecule has 0 saturated heterocycles. The van der Waals surface area contributed by atoms with Crippen LogP contribution in [0.5, 0.6) is 5.75 Å². The van der Waals surface area contributed by atoms with Crippen molar-refractivity contribution in [3.05, 3.63) is 28.2 Å². The van der Waals surface area contributed by atoms with Crippen molar-refractivity contribution in [2.45, 2.75) is 40.2 Å². The number of ether oxygens (including phenoxy) is 1. The van der Waals surface area contributed by atoms with Gasteiger partial charge >= 0.3 is 0 Å². The van der Waals surface area contributed by atoms with Gasteiger partial charge in [0.25, 0.3) is 0 Å². The first-order chi connectivity index (χ1) is 12.0. The SMILES string of the molecule is CCNC(=NCc1cc(Br)ccc1OC)NCC(CCO)CC(C)C.I. The number of nitrogens with one attached hydrogen (secondary N) is 2. The number of aliphatic hydroxyl groups is 1. The minimum atomic E-state index is 0. The second-order valence-electron chi connectivity index (χ2n) is 6.54. The zero-order valence-electron chi connectivity index (χ0n) is 16.2. The van der Waals surface area contributed by atoms with E-state index in [1.54, 1.807) is 7.11 Å². The molecule has 1 atom stereocenters. The number of aliphatic imine (C=N–C) groups is 1. The van der Waals surface area contributed by atoms with Gasteiger partial charge in [0, 0.05) is 29.7 Å². The minimum Gasteiger partial charge on any atom is -0.496 e. The Labute approximate surface area is 183 Å². The second-order valence-corrected chi connectivity index (χ2v) is 7.46. The lowest BCUT2D eigenvalue weighted by Crippen LogP contribution is -2.40. The number of benzene rings is 1. The van der Waals surface area contributed by atoms with Crippen LogP contribution in [0, 0.1) is 11.8 Å². The Bertz CT molecular complexity index is 542. The standard InChI is InChI=1S/C19H32BrN3O2.HI/c1-5-21-19(22-12-15(8-9-24)10-14(2)3)23-13-16-11-17(20)6-7-18(16)25-4;/h6-7,11,14-15,24H,5,8-10,12-13H2,1-4H3,(H2,21,22,23);1H. The molecule has 0 amide bonds. The number of methoxy groups -OCH3 is 1. The van der Waals surface area contributed by atoms with Crippen molar-refractivity contribution in [2.24, 2.45) is 16.8 Å². The lowest BCUT2D eigenvalue weighted by atomic mass is 9.94. The van der Waals surface area contributed by atoms with E-state index in [1.807, 2.05) is 18.2 Å². The van der Waals surface area contributed by atoms with Crippen molar-refractivity contribution in [3.63, 3.8) is 0 Å². The third-order valence-corrected chi connectivity index (χ3v) is 4.39. The van der Waals surface area contributed by atoms with Gasteiger partial charge in [-0.05, 0) is 49.8 Å². The molecule has 0 bridgehead atoms. The van der Waals surface area contributed by atoms with Crippen molar-refractivity contribution < 1.29 is 9.84 Å². The molecule has 1 aromatic rings. The Morgan fingerprint density at radius 1 is 1.31 bits per heavy atom. The van der Waals surface area contributed by atoms with Crippen molar-refractivity contribution in [2.75, 3.05) is 26.8 Å². The summed E-state index contributed by atoms with van der Waals surface area (Å²) < 4.78 is 6.42. The molecule has 0 aromatic heterocycles. The van der Waals surface area contributed by atoms with Gasteiger partial charge < -0.3 is 20.5 Å². The maximum Gasteiger partial charge on any atom is 0.191 e. The summed E-state index contributed by atoms with van der Waals surface area (Å²) in [6.07, 6.45) is 1.90. The summed E-state index contributed by atoms with van der Waals surface area (Å²) in [5.41, 5.74) is 1.03. The molecular formula is C19H33BrIN3O2. The summed E-state index contributed by atoms with van der Waals surface area (Å²) in [4.78, 5) is 4.68. The van der Waals surface area contributed by atoms with Crippen LogP contribution in [0.2, 0.25) is 0 Å². The number of aliphatic hydroxyl groups excluding tert-OH is 1. The summed E-state index contributed by atoms with van der Waals surface area (Å²) in [6, 6.07) is 5.93. The molecule has 5 nitrogen and oxygen atoms in total.